The second-order valence-electron chi connectivity index (χ2n) is 3.76. The first kappa shape index (κ1) is 11.0. The average molecular weight is 305 g/mol. The number of nitrogens with one attached hydrogen (secondary N) is 2. The van der Waals surface area contributed by atoms with Crippen molar-refractivity contribution in [2.75, 3.05) is 0 Å². The molecule has 6 heteroatoms. The molecule has 0 radical (unpaired) electrons. The first-order valence-corrected chi connectivity index (χ1v) is 6.07. The molecular weight excluding hydrogens is 296 g/mol. The highest BCUT2D eigenvalue weighted by molar-refractivity contribution is 9.10. The summed E-state index contributed by atoms with van der Waals surface area (Å²) >= 11 is 3.32. The van der Waals surface area contributed by atoms with Gasteiger partial charge in [0, 0.05) is 17.1 Å². The number of halogens is 1. The molecule has 5 nitrogen and oxygen atoms in total. The smallest absolute Gasteiger partial charge is 0.198 e. The topological polar surface area (TPSA) is 77.1 Å². The minimum atomic E-state index is 0.107. The van der Waals surface area contributed by atoms with Crippen molar-refractivity contribution < 1.29 is 5.11 Å². The molecule has 3 rings (SSSR count). The monoisotopic (exact) mass is 304 g/mol. The van der Waals surface area contributed by atoms with E-state index in [2.05, 4.69) is 36.1 Å². The van der Waals surface area contributed by atoms with Gasteiger partial charge in [0.25, 0.3) is 0 Å². The highest BCUT2D eigenvalue weighted by Gasteiger charge is 2.08. The van der Waals surface area contributed by atoms with E-state index < -0.39 is 0 Å². The highest BCUT2D eigenvalue weighted by Crippen LogP contribution is 2.27. The van der Waals surface area contributed by atoms with Gasteiger partial charge < -0.3 is 10.1 Å². The Balaban J connectivity index is 2.07. The van der Waals surface area contributed by atoms with Crippen LogP contribution in [0.15, 0.2) is 39.9 Å². The summed E-state index contributed by atoms with van der Waals surface area (Å²) < 4.78 is 0.776. The van der Waals surface area contributed by atoms with Gasteiger partial charge in [-0.1, -0.05) is 18.2 Å². The fourth-order valence-electron chi connectivity index (χ4n) is 1.76. The summed E-state index contributed by atoms with van der Waals surface area (Å²) in [6.45, 7) is 0. The first-order chi connectivity index (χ1) is 8.75. The fourth-order valence-corrected chi connectivity index (χ4v) is 2.06. The van der Waals surface area contributed by atoms with Gasteiger partial charge >= 0.3 is 0 Å². The zero-order valence-electron chi connectivity index (χ0n) is 9.18. The van der Waals surface area contributed by atoms with Crippen molar-refractivity contribution >= 4 is 38.9 Å². The predicted octanol–water partition coefficient (Wildman–Crippen LogP) is 3.11. The lowest BCUT2D eigenvalue weighted by atomic mass is 10.2. The number of aromatic hydroxyl groups is 1. The van der Waals surface area contributed by atoms with Gasteiger partial charge in [-0.3, -0.25) is 5.10 Å². The van der Waals surface area contributed by atoms with E-state index in [4.69, 9.17) is 0 Å². The zero-order chi connectivity index (χ0) is 12.5. The Morgan fingerprint density at radius 3 is 2.94 bits per heavy atom. The highest BCUT2D eigenvalue weighted by atomic mass is 79.9. The number of H-pyrrole nitrogens is 2. The number of aliphatic imine (C=N–C) groups is 1. The molecule has 0 aliphatic heterocycles. The molecule has 0 amide bonds. The van der Waals surface area contributed by atoms with Gasteiger partial charge in [0.05, 0.1) is 16.2 Å². The molecular formula is C12H9BrN4O. The van der Waals surface area contributed by atoms with Crippen LogP contribution in [-0.4, -0.2) is 26.5 Å². The van der Waals surface area contributed by atoms with Gasteiger partial charge in [-0.05, 0) is 22.0 Å². The Bertz CT molecular complexity index is 729. The van der Waals surface area contributed by atoms with Crippen molar-refractivity contribution in [2.24, 2.45) is 4.99 Å². The van der Waals surface area contributed by atoms with Crippen LogP contribution in [0.1, 0.15) is 5.56 Å². The van der Waals surface area contributed by atoms with Crippen LogP contribution < -0.4 is 0 Å². The maximum atomic E-state index is 9.85. The van der Waals surface area contributed by atoms with Gasteiger partial charge in [-0.2, -0.15) is 5.10 Å². The van der Waals surface area contributed by atoms with Crippen LogP contribution in [0, 0.1) is 0 Å². The minimum absolute atomic E-state index is 0.107. The van der Waals surface area contributed by atoms with Crippen molar-refractivity contribution in [3.63, 3.8) is 0 Å². The summed E-state index contributed by atoms with van der Waals surface area (Å²) in [7, 11) is 0. The van der Waals surface area contributed by atoms with Crippen LogP contribution in [0.5, 0.6) is 5.88 Å². The molecule has 0 unspecified atom stereocenters. The number of benzene rings is 1. The number of hydrogen-bond acceptors (Lipinski definition) is 3. The van der Waals surface area contributed by atoms with E-state index in [1.807, 2.05) is 24.3 Å². The largest absolute Gasteiger partial charge is 0.494 e. The van der Waals surface area contributed by atoms with E-state index in [0.29, 0.717) is 11.4 Å². The molecule has 0 saturated carbocycles. The van der Waals surface area contributed by atoms with Gasteiger partial charge in [0.15, 0.2) is 11.7 Å². The average Bonchev–Trinajstić information content (AvgIpc) is 2.90. The standard InChI is InChI=1S/C12H9BrN4O/c13-9-6-15-17-11(9)14-5-8-7-3-1-2-4-10(7)16-12(8)18/h1-6,16,18H,(H,15,17)/b14-5+. The van der Waals surface area contributed by atoms with E-state index in [1.165, 1.54) is 0 Å². The maximum Gasteiger partial charge on any atom is 0.198 e. The molecule has 0 fully saturated rings. The Morgan fingerprint density at radius 1 is 1.33 bits per heavy atom. The van der Waals surface area contributed by atoms with Crippen LogP contribution in [-0.2, 0) is 0 Å². The van der Waals surface area contributed by atoms with Gasteiger partial charge in [0.1, 0.15) is 0 Å². The Morgan fingerprint density at radius 2 is 2.17 bits per heavy atom. The van der Waals surface area contributed by atoms with Crippen molar-refractivity contribution in [1.82, 2.24) is 15.2 Å². The van der Waals surface area contributed by atoms with Crippen LogP contribution >= 0.6 is 15.9 Å². The van der Waals surface area contributed by atoms with Crippen LogP contribution in [0.2, 0.25) is 0 Å². The summed E-state index contributed by atoms with van der Waals surface area (Å²) in [6.07, 6.45) is 3.23. The fraction of sp³-hybridized carbons (Fsp3) is 0. The quantitative estimate of drug-likeness (QED) is 0.636. The number of rotatable bonds is 2. The lowest BCUT2D eigenvalue weighted by Crippen LogP contribution is -1.79. The number of para-hydroxylation sites is 1. The third kappa shape index (κ3) is 1.80. The molecule has 0 spiro atoms. The van der Waals surface area contributed by atoms with E-state index in [0.717, 1.165) is 15.4 Å². The zero-order valence-corrected chi connectivity index (χ0v) is 10.8. The van der Waals surface area contributed by atoms with Crippen LogP contribution in [0.25, 0.3) is 10.9 Å². The van der Waals surface area contributed by atoms with Crippen LogP contribution in [0.3, 0.4) is 0 Å². The molecule has 0 atom stereocenters. The lowest BCUT2D eigenvalue weighted by Gasteiger charge is -1.92. The Hall–Kier alpha value is -2.08. The molecule has 0 aliphatic carbocycles. The van der Waals surface area contributed by atoms with Crippen molar-refractivity contribution in [1.29, 1.82) is 0 Å². The summed E-state index contributed by atoms with van der Waals surface area (Å²) in [5.41, 5.74) is 1.53. The van der Waals surface area contributed by atoms with Gasteiger partial charge in [0.2, 0.25) is 0 Å². The summed E-state index contributed by atoms with van der Waals surface area (Å²) in [5.74, 6) is 0.718. The summed E-state index contributed by atoms with van der Waals surface area (Å²) in [5, 5.41) is 17.4. The molecule has 0 bridgehead atoms. The van der Waals surface area contributed by atoms with Gasteiger partial charge in [-0.15, -0.1) is 0 Å². The molecule has 2 heterocycles. The van der Waals surface area contributed by atoms with Crippen molar-refractivity contribution in [3.05, 3.63) is 40.5 Å². The van der Waals surface area contributed by atoms with E-state index in [1.54, 1.807) is 12.4 Å². The van der Waals surface area contributed by atoms with Gasteiger partial charge in [-0.25, -0.2) is 4.99 Å². The SMILES string of the molecule is Oc1[nH]c2ccccc2c1/C=N/c1[nH]ncc1Br. The van der Waals surface area contributed by atoms with Crippen molar-refractivity contribution in [2.45, 2.75) is 0 Å². The Kier molecular flexibility index (Phi) is 2.64. The van der Waals surface area contributed by atoms with E-state index in [9.17, 15) is 5.11 Å². The third-order valence-electron chi connectivity index (χ3n) is 2.62. The second-order valence-corrected chi connectivity index (χ2v) is 4.61. The minimum Gasteiger partial charge on any atom is -0.494 e. The molecule has 0 saturated heterocycles. The maximum absolute atomic E-state index is 9.85. The predicted molar refractivity (Wildman–Crippen MR) is 73.5 cm³/mol. The lowest BCUT2D eigenvalue weighted by molar-refractivity contribution is 0.457. The molecule has 90 valence electrons. The van der Waals surface area contributed by atoms with E-state index in [-0.39, 0.29) is 5.88 Å². The molecule has 0 aliphatic rings. The number of nitrogens with zero attached hydrogens (tertiary/aromatic N) is 2. The number of hydrogen-bond donors (Lipinski definition) is 3. The summed E-state index contributed by atoms with van der Waals surface area (Å²) in [6, 6.07) is 7.65. The van der Waals surface area contributed by atoms with E-state index >= 15 is 0 Å². The van der Waals surface area contributed by atoms with Crippen LogP contribution in [0.4, 0.5) is 5.82 Å². The molecule has 3 N–H and O–H groups in total. The molecule has 1 aromatic carbocycles. The first-order valence-electron chi connectivity index (χ1n) is 5.28. The van der Waals surface area contributed by atoms with Crippen molar-refractivity contribution in [3.8, 4) is 5.88 Å². The number of fused-ring (bicyclic) bond motifs is 1. The molecule has 18 heavy (non-hydrogen) atoms. The molecule has 2 aromatic heterocycles. The normalized spacial score (nSPS) is 11.6. The second kappa shape index (κ2) is 4.30. The summed E-state index contributed by atoms with van der Waals surface area (Å²) in [4.78, 5) is 7.15. The number of aromatic nitrogens is 3. The Labute approximate surface area is 111 Å². The number of aromatic amines is 2. The third-order valence-corrected chi connectivity index (χ3v) is 3.20. The molecule has 3 aromatic rings.